The van der Waals surface area contributed by atoms with Crippen LogP contribution in [0.5, 0.6) is 0 Å². The molecule has 0 aromatic rings. The number of rotatable bonds is 3. The molecule has 0 radical (unpaired) electrons. The van der Waals surface area contributed by atoms with E-state index in [2.05, 4.69) is 13.8 Å². The average Bonchev–Trinajstić information content (AvgIpc) is 2.98. The molecule has 4 saturated carbocycles. The van der Waals surface area contributed by atoms with E-state index in [4.69, 9.17) is 14.2 Å². The molecule has 0 aromatic carbocycles. The second kappa shape index (κ2) is 7.32. The van der Waals surface area contributed by atoms with E-state index >= 15 is 0 Å². The zero-order chi connectivity index (χ0) is 21.9. The zero-order valence-corrected chi connectivity index (χ0v) is 19.0. The molecule has 6 nitrogen and oxygen atoms in total. The van der Waals surface area contributed by atoms with Gasteiger partial charge in [0, 0.05) is 44.6 Å². The molecule has 168 valence electrons. The SMILES string of the molecule is CO[C@]12C[C@@H](OC(C)=O)CC[C@]1(C)C1CC[C@@]3(C)C(CC[C@@H]3OC(C)=O)C1CC2=O. The van der Waals surface area contributed by atoms with Crippen molar-refractivity contribution in [2.45, 2.75) is 96.9 Å². The lowest BCUT2D eigenvalue weighted by Gasteiger charge is -2.63. The van der Waals surface area contributed by atoms with Gasteiger partial charge in [0.1, 0.15) is 17.8 Å². The fourth-order valence-corrected chi connectivity index (χ4v) is 8.09. The summed E-state index contributed by atoms with van der Waals surface area (Å²) < 4.78 is 17.3. The number of ketones is 1. The Morgan fingerprint density at radius 2 is 1.63 bits per heavy atom. The largest absolute Gasteiger partial charge is 0.462 e. The summed E-state index contributed by atoms with van der Waals surface area (Å²) in [5.74, 6) is 0.732. The molecule has 3 unspecified atom stereocenters. The van der Waals surface area contributed by atoms with Gasteiger partial charge in [0.2, 0.25) is 0 Å². The Hall–Kier alpha value is -1.43. The Bertz CT molecular complexity index is 748. The maximum atomic E-state index is 13.7. The Kier molecular flexibility index (Phi) is 5.32. The van der Waals surface area contributed by atoms with Gasteiger partial charge in [-0.05, 0) is 56.3 Å². The molecule has 0 spiro atoms. The lowest BCUT2D eigenvalue weighted by atomic mass is 9.43. The summed E-state index contributed by atoms with van der Waals surface area (Å²) in [7, 11) is 1.64. The molecule has 8 atom stereocenters. The first-order valence-corrected chi connectivity index (χ1v) is 11.5. The highest BCUT2D eigenvalue weighted by Crippen LogP contribution is 2.67. The van der Waals surface area contributed by atoms with Crippen LogP contribution in [-0.4, -0.2) is 42.6 Å². The monoisotopic (exact) mass is 420 g/mol. The second-order valence-electron chi connectivity index (χ2n) is 10.6. The van der Waals surface area contributed by atoms with Crippen molar-refractivity contribution in [2.24, 2.45) is 28.6 Å². The van der Waals surface area contributed by atoms with Crippen molar-refractivity contribution in [3.8, 4) is 0 Å². The van der Waals surface area contributed by atoms with Gasteiger partial charge < -0.3 is 14.2 Å². The summed E-state index contributed by atoms with van der Waals surface area (Å²) in [5, 5.41) is 0. The number of fused-ring (bicyclic) bond motifs is 5. The van der Waals surface area contributed by atoms with Crippen LogP contribution in [0, 0.1) is 28.6 Å². The quantitative estimate of drug-likeness (QED) is 0.646. The second-order valence-corrected chi connectivity index (χ2v) is 10.6. The molecule has 0 aliphatic heterocycles. The van der Waals surface area contributed by atoms with E-state index in [1.54, 1.807) is 7.11 Å². The van der Waals surface area contributed by atoms with Crippen LogP contribution in [0.4, 0.5) is 0 Å². The first kappa shape index (κ1) is 21.8. The van der Waals surface area contributed by atoms with Gasteiger partial charge in [-0.3, -0.25) is 14.4 Å². The number of hydrogen-bond donors (Lipinski definition) is 0. The van der Waals surface area contributed by atoms with Crippen molar-refractivity contribution in [2.75, 3.05) is 7.11 Å². The Labute approximate surface area is 179 Å². The van der Waals surface area contributed by atoms with Crippen molar-refractivity contribution in [1.82, 2.24) is 0 Å². The third-order valence-corrected chi connectivity index (χ3v) is 9.45. The normalized spacial score (nSPS) is 47.6. The van der Waals surface area contributed by atoms with Crippen LogP contribution in [-0.2, 0) is 28.6 Å². The summed E-state index contributed by atoms with van der Waals surface area (Å²) >= 11 is 0. The Morgan fingerprint density at radius 1 is 0.933 bits per heavy atom. The minimum absolute atomic E-state index is 0.0438. The number of ether oxygens (including phenoxy) is 3. The van der Waals surface area contributed by atoms with Gasteiger partial charge in [-0.1, -0.05) is 13.8 Å². The lowest BCUT2D eigenvalue weighted by Crippen LogP contribution is -2.68. The highest BCUT2D eigenvalue weighted by Gasteiger charge is 2.69. The van der Waals surface area contributed by atoms with Crippen LogP contribution < -0.4 is 0 Å². The Morgan fingerprint density at radius 3 is 2.27 bits per heavy atom. The molecule has 30 heavy (non-hydrogen) atoms. The number of hydrogen-bond acceptors (Lipinski definition) is 6. The third-order valence-electron chi connectivity index (χ3n) is 9.45. The maximum absolute atomic E-state index is 13.7. The third kappa shape index (κ3) is 2.96. The molecule has 0 saturated heterocycles. The van der Waals surface area contributed by atoms with Gasteiger partial charge in [-0.15, -0.1) is 0 Å². The van der Waals surface area contributed by atoms with Gasteiger partial charge in [-0.2, -0.15) is 0 Å². The first-order chi connectivity index (χ1) is 14.1. The predicted molar refractivity (Wildman–Crippen MR) is 109 cm³/mol. The Balaban J connectivity index is 1.64. The first-order valence-electron chi connectivity index (χ1n) is 11.5. The average molecular weight is 421 g/mol. The summed E-state index contributed by atoms with van der Waals surface area (Å²) in [6.45, 7) is 7.41. The molecule has 0 bridgehead atoms. The van der Waals surface area contributed by atoms with Gasteiger partial charge in [0.15, 0.2) is 5.78 Å². The van der Waals surface area contributed by atoms with Crippen LogP contribution in [0.15, 0.2) is 0 Å². The molecule has 0 N–H and O–H groups in total. The summed E-state index contributed by atoms with van der Waals surface area (Å²) in [5.41, 5.74) is -1.20. The molecule has 0 amide bonds. The van der Waals surface area contributed by atoms with Crippen LogP contribution in [0.2, 0.25) is 0 Å². The number of Topliss-reactive ketones (excluding diaryl/α,β-unsaturated/α-hetero) is 1. The standard InChI is InChI=1S/C24H36O6/c1-14(25)29-16-8-11-23(4)19-9-10-22(3)18(6-7-21(22)30-15(2)26)17(19)12-20(27)24(23,13-16)28-5/h16-19,21H,6-13H2,1-5H3/t16-,17?,18?,19?,21-,22-,23+,24-/m0/s1. The van der Waals surface area contributed by atoms with E-state index in [1.165, 1.54) is 13.8 Å². The molecule has 0 heterocycles. The number of carbonyl (C=O) groups is 3. The smallest absolute Gasteiger partial charge is 0.302 e. The highest BCUT2D eigenvalue weighted by atomic mass is 16.6. The maximum Gasteiger partial charge on any atom is 0.302 e. The van der Waals surface area contributed by atoms with Crippen LogP contribution in [0.3, 0.4) is 0 Å². The fourth-order valence-electron chi connectivity index (χ4n) is 8.09. The van der Waals surface area contributed by atoms with Crippen molar-refractivity contribution in [3.05, 3.63) is 0 Å². The fraction of sp³-hybridized carbons (Fsp3) is 0.875. The van der Waals surface area contributed by atoms with E-state index in [0.29, 0.717) is 30.6 Å². The zero-order valence-electron chi connectivity index (χ0n) is 19.0. The topological polar surface area (TPSA) is 78.9 Å². The lowest BCUT2D eigenvalue weighted by molar-refractivity contribution is -0.226. The van der Waals surface area contributed by atoms with Crippen molar-refractivity contribution in [3.63, 3.8) is 0 Å². The molecule has 4 fully saturated rings. The van der Waals surface area contributed by atoms with Crippen LogP contribution in [0.25, 0.3) is 0 Å². The number of carbonyl (C=O) groups excluding carboxylic acids is 3. The van der Waals surface area contributed by atoms with Gasteiger partial charge >= 0.3 is 11.9 Å². The molecule has 4 aliphatic rings. The van der Waals surface area contributed by atoms with Crippen molar-refractivity contribution < 1.29 is 28.6 Å². The minimum Gasteiger partial charge on any atom is -0.462 e. The van der Waals surface area contributed by atoms with Crippen molar-refractivity contribution >= 4 is 17.7 Å². The van der Waals surface area contributed by atoms with E-state index in [0.717, 1.165) is 38.5 Å². The van der Waals surface area contributed by atoms with Crippen molar-refractivity contribution in [1.29, 1.82) is 0 Å². The van der Waals surface area contributed by atoms with Gasteiger partial charge in [0.25, 0.3) is 0 Å². The number of esters is 2. The van der Waals surface area contributed by atoms with E-state index in [9.17, 15) is 14.4 Å². The predicted octanol–water partition coefficient (Wildman–Crippen LogP) is 3.84. The molecular formula is C24H36O6. The van der Waals surface area contributed by atoms with Crippen LogP contribution in [0.1, 0.15) is 79.1 Å². The molecule has 4 rings (SSSR count). The van der Waals surface area contributed by atoms with E-state index < -0.39 is 5.60 Å². The van der Waals surface area contributed by atoms with E-state index in [-0.39, 0.29) is 40.8 Å². The van der Waals surface area contributed by atoms with Crippen LogP contribution >= 0.6 is 0 Å². The molecule has 4 aliphatic carbocycles. The van der Waals surface area contributed by atoms with Gasteiger partial charge in [0.05, 0.1) is 0 Å². The highest BCUT2D eigenvalue weighted by molar-refractivity contribution is 5.90. The minimum atomic E-state index is -0.881. The number of methoxy groups -OCH3 is 1. The summed E-state index contributed by atoms with van der Waals surface area (Å²) in [4.78, 5) is 36.9. The summed E-state index contributed by atoms with van der Waals surface area (Å²) in [6.07, 6.45) is 6.18. The van der Waals surface area contributed by atoms with E-state index in [1.807, 2.05) is 0 Å². The summed E-state index contributed by atoms with van der Waals surface area (Å²) in [6, 6.07) is 0. The van der Waals surface area contributed by atoms with Gasteiger partial charge in [-0.25, -0.2) is 0 Å². The molecular weight excluding hydrogens is 384 g/mol. The molecule has 6 heteroatoms. The molecule has 0 aromatic heterocycles.